The van der Waals surface area contributed by atoms with Crippen molar-refractivity contribution in [3.8, 4) is 11.5 Å². The molecule has 0 aliphatic carbocycles. The minimum absolute atomic E-state index is 0.233. The fourth-order valence-corrected chi connectivity index (χ4v) is 3.26. The van der Waals surface area contributed by atoms with Crippen LogP contribution >= 0.6 is 12.2 Å². The van der Waals surface area contributed by atoms with Crippen LogP contribution in [-0.4, -0.2) is 24.2 Å². The van der Waals surface area contributed by atoms with Gasteiger partial charge in [-0.1, -0.05) is 58.6 Å². The van der Waals surface area contributed by atoms with Crippen LogP contribution in [0.2, 0.25) is 0 Å². The highest BCUT2D eigenvalue weighted by molar-refractivity contribution is 7.80. The van der Waals surface area contributed by atoms with Gasteiger partial charge in [0.1, 0.15) is 11.5 Å². The van der Waals surface area contributed by atoms with Gasteiger partial charge in [-0.05, 0) is 67.4 Å². The Morgan fingerprint density at radius 2 is 1.66 bits per heavy atom. The van der Waals surface area contributed by atoms with Gasteiger partial charge >= 0.3 is 0 Å². The first-order chi connectivity index (χ1) is 15.5. The molecule has 2 rings (SSSR count). The third kappa shape index (κ3) is 9.69. The number of unbranched alkanes of at least 4 members (excludes halogenated alkanes) is 4. The number of hydrogen-bond donors (Lipinski definition) is 2. The van der Waals surface area contributed by atoms with Crippen molar-refractivity contribution in [2.45, 2.75) is 59.3 Å². The molecular formula is C26H36N2O3S. The monoisotopic (exact) mass is 456 g/mol. The number of para-hydroxylation sites is 1. The van der Waals surface area contributed by atoms with Gasteiger partial charge in [0.15, 0.2) is 5.11 Å². The minimum Gasteiger partial charge on any atom is -0.494 e. The number of rotatable bonds is 13. The van der Waals surface area contributed by atoms with Crippen LogP contribution in [0.25, 0.3) is 0 Å². The number of amides is 1. The summed E-state index contributed by atoms with van der Waals surface area (Å²) in [5.41, 5.74) is 1.25. The van der Waals surface area contributed by atoms with Crippen LogP contribution in [-0.2, 0) is 0 Å². The van der Waals surface area contributed by atoms with Crippen molar-refractivity contribution >= 4 is 28.9 Å². The highest BCUT2D eigenvalue weighted by Gasteiger charge is 2.14. The molecule has 0 heterocycles. The first-order valence-corrected chi connectivity index (χ1v) is 12.0. The van der Waals surface area contributed by atoms with E-state index in [1.165, 1.54) is 25.7 Å². The Bertz CT molecular complexity index is 837. The number of nitrogens with one attached hydrogen (secondary N) is 2. The SMILES string of the molecule is CCCCCCCOc1ccc(NC(=S)NC(=O)c2ccccc2OCCC(C)C)cc1. The Hall–Kier alpha value is -2.60. The standard InChI is InChI=1S/C26H36N2O3S/c1-4-5-6-7-10-18-30-22-15-13-21(14-16-22)27-26(32)28-25(29)23-11-8-9-12-24(23)31-19-17-20(2)3/h8-9,11-16,20H,4-7,10,17-19H2,1-3H3,(H2,27,28,29,32). The van der Waals surface area contributed by atoms with Crippen LogP contribution in [0.15, 0.2) is 48.5 Å². The molecule has 0 spiro atoms. The summed E-state index contributed by atoms with van der Waals surface area (Å²) in [6.45, 7) is 7.78. The van der Waals surface area contributed by atoms with Crippen molar-refractivity contribution in [3.05, 3.63) is 54.1 Å². The first-order valence-electron chi connectivity index (χ1n) is 11.6. The van der Waals surface area contributed by atoms with Crippen LogP contribution in [0.1, 0.15) is 69.7 Å². The van der Waals surface area contributed by atoms with E-state index in [1.54, 1.807) is 12.1 Å². The van der Waals surface area contributed by atoms with Crippen LogP contribution in [0, 0.1) is 5.92 Å². The molecule has 32 heavy (non-hydrogen) atoms. The van der Waals surface area contributed by atoms with Crippen molar-refractivity contribution in [1.82, 2.24) is 5.32 Å². The zero-order chi connectivity index (χ0) is 23.2. The molecule has 0 atom stereocenters. The maximum Gasteiger partial charge on any atom is 0.261 e. The molecule has 6 heteroatoms. The molecule has 2 N–H and O–H groups in total. The molecule has 0 bridgehead atoms. The van der Waals surface area contributed by atoms with E-state index in [2.05, 4.69) is 31.4 Å². The number of ether oxygens (including phenoxy) is 2. The van der Waals surface area contributed by atoms with Crippen molar-refractivity contribution in [3.63, 3.8) is 0 Å². The van der Waals surface area contributed by atoms with Crippen LogP contribution in [0.3, 0.4) is 0 Å². The van der Waals surface area contributed by atoms with Crippen LogP contribution in [0.5, 0.6) is 11.5 Å². The Balaban J connectivity index is 1.80. The Morgan fingerprint density at radius 3 is 2.38 bits per heavy atom. The number of carbonyl (C=O) groups excluding carboxylic acids is 1. The average molecular weight is 457 g/mol. The molecule has 2 aromatic rings. The van der Waals surface area contributed by atoms with E-state index in [0.717, 1.165) is 30.9 Å². The Labute approximate surface area is 197 Å². The van der Waals surface area contributed by atoms with Gasteiger partial charge in [-0.3, -0.25) is 10.1 Å². The lowest BCUT2D eigenvalue weighted by Crippen LogP contribution is -2.34. The van der Waals surface area contributed by atoms with E-state index in [9.17, 15) is 4.79 Å². The molecule has 0 saturated carbocycles. The van der Waals surface area contributed by atoms with E-state index < -0.39 is 0 Å². The molecule has 174 valence electrons. The highest BCUT2D eigenvalue weighted by atomic mass is 32.1. The van der Waals surface area contributed by atoms with Crippen LogP contribution < -0.4 is 20.1 Å². The maximum absolute atomic E-state index is 12.7. The third-order valence-corrected chi connectivity index (χ3v) is 5.14. The summed E-state index contributed by atoms with van der Waals surface area (Å²) in [6.07, 6.45) is 6.99. The lowest BCUT2D eigenvalue weighted by molar-refractivity contribution is 0.0973. The maximum atomic E-state index is 12.7. The second-order valence-corrected chi connectivity index (χ2v) is 8.63. The van der Waals surface area contributed by atoms with Gasteiger partial charge in [0.25, 0.3) is 5.91 Å². The van der Waals surface area contributed by atoms with Crippen molar-refractivity contribution < 1.29 is 14.3 Å². The van der Waals surface area contributed by atoms with Gasteiger partial charge in [-0.2, -0.15) is 0 Å². The smallest absolute Gasteiger partial charge is 0.261 e. The molecule has 0 aromatic heterocycles. The summed E-state index contributed by atoms with van der Waals surface area (Å²) in [4.78, 5) is 12.7. The van der Waals surface area contributed by atoms with E-state index >= 15 is 0 Å². The van der Waals surface area contributed by atoms with Crippen molar-refractivity contribution in [2.75, 3.05) is 18.5 Å². The van der Waals surface area contributed by atoms with Crippen LogP contribution in [0.4, 0.5) is 5.69 Å². The van der Waals surface area contributed by atoms with Gasteiger partial charge in [0, 0.05) is 5.69 Å². The molecule has 0 unspecified atom stereocenters. The van der Waals surface area contributed by atoms with Gasteiger partial charge < -0.3 is 14.8 Å². The number of anilines is 1. The quantitative estimate of drug-likeness (QED) is 0.263. The first kappa shape index (κ1) is 25.7. The number of benzene rings is 2. The summed E-state index contributed by atoms with van der Waals surface area (Å²) in [5, 5.41) is 6.00. The summed E-state index contributed by atoms with van der Waals surface area (Å²) in [6, 6.07) is 14.8. The van der Waals surface area contributed by atoms with E-state index in [1.807, 2.05) is 36.4 Å². The molecule has 5 nitrogen and oxygen atoms in total. The zero-order valence-corrected chi connectivity index (χ0v) is 20.3. The minimum atomic E-state index is -0.300. The third-order valence-electron chi connectivity index (χ3n) is 4.94. The number of thiocarbonyl (C=S) groups is 1. The summed E-state index contributed by atoms with van der Waals surface area (Å²) >= 11 is 5.32. The number of hydrogen-bond acceptors (Lipinski definition) is 4. The fourth-order valence-electron chi connectivity index (χ4n) is 3.05. The van der Waals surface area contributed by atoms with Gasteiger partial charge in [0.2, 0.25) is 0 Å². The molecule has 0 radical (unpaired) electrons. The second-order valence-electron chi connectivity index (χ2n) is 8.22. The van der Waals surface area contributed by atoms with E-state index in [4.69, 9.17) is 21.7 Å². The lowest BCUT2D eigenvalue weighted by atomic mass is 10.1. The molecule has 2 aromatic carbocycles. The van der Waals surface area contributed by atoms with E-state index in [0.29, 0.717) is 23.8 Å². The Morgan fingerprint density at radius 1 is 0.938 bits per heavy atom. The van der Waals surface area contributed by atoms with Gasteiger partial charge in [-0.15, -0.1) is 0 Å². The summed E-state index contributed by atoms with van der Waals surface area (Å²) in [5.74, 6) is 1.62. The number of carbonyl (C=O) groups is 1. The molecule has 0 aliphatic heterocycles. The molecule has 0 fully saturated rings. The van der Waals surface area contributed by atoms with Crippen molar-refractivity contribution in [2.24, 2.45) is 5.92 Å². The topological polar surface area (TPSA) is 59.6 Å². The largest absolute Gasteiger partial charge is 0.494 e. The summed E-state index contributed by atoms with van der Waals surface area (Å²) < 4.78 is 11.6. The molecule has 1 amide bonds. The lowest BCUT2D eigenvalue weighted by Gasteiger charge is -2.14. The normalized spacial score (nSPS) is 10.6. The molecular weight excluding hydrogens is 420 g/mol. The fraction of sp³-hybridized carbons (Fsp3) is 0.462. The van der Waals surface area contributed by atoms with Gasteiger partial charge in [0.05, 0.1) is 18.8 Å². The van der Waals surface area contributed by atoms with E-state index in [-0.39, 0.29) is 11.0 Å². The molecule has 0 saturated heterocycles. The Kier molecular flexibility index (Phi) is 11.6. The predicted molar refractivity (Wildman–Crippen MR) is 136 cm³/mol. The molecule has 0 aliphatic rings. The summed E-state index contributed by atoms with van der Waals surface area (Å²) in [7, 11) is 0. The average Bonchev–Trinajstić information content (AvgIpc) is 2.77. The predicted octanol–water partition coefficient (Wildman–Crippen LogP) is 6.59. The van der Waals surface area contributed by atoms with Gasteiger partial charge in [-0.25, -0.2) is 0 Å². The zero-order valence-electron chi connectivity index (χ0n) is 19.5. The van der Waals surface area contributed by atoms with Crippen molar-refractivity contribution in [1.29, 1.82) is 0 Å². The highest BCUT2D eigenvalue weighted by Crippen LogP contribution is 2.19. The second kappa shape index (κ2) is 14.5.